The molecule has 7 nitrogen and oxygen atoms in total. The maximum absolute atomic E-state index is 12.6. The maximum Gasteiger partial charge on any atom is 0.245 e. The van der Waals surface area contributed by atoms with Crippen molar-refractivity contribution in [3.63, 3.8) is 0 Å². The van der Waals surface area contributed by atoms with Crippen LogP contribution in [0.4, 0.5) is 0 Å². The highest BCUT2D eigenvalue weighted by molar-refractivity contribution is 7.89. The summed E-state index contributed by atoms with van der Waals surface area (Å²) in [5.41, 5.74) is -0.399. The van der Waals surface area contributed by atoms with E-state index in [2.05, 4.69) is 16.3 Å². The summed E-state index contributed by atoms with van der Waals surface area (Å²) in [4.78, 5) is 17.5. The van der Waals surface area contributed by atoms with E-state index in [0.29, 0.717) is 25.4 Å². The molecule has 1 aromatic rings. The molecule has 1 aliphatic heterocycles. The molecule has 24 heavy (non-hydrogen) atoms. The van der Waals surface area contributed by atoms with Crippen LogP contribution in [0.3, 0.4) is 0 Å². The lowest BCUT2D eigenvalue weighted by Crippen LogP contribution is -2.56. The lowest BCUT2D eigenvalue weighted by atomic mass is 9.79. The molecule has 132 valence electrons. The van der Waals surface area contributed by atoms with Crippen molar-refractivity contribution in [3.8, 4) is 5.88 Å². The smallest absolute Gasteiger partial charge is 0.245 e. The predicted molar refractivity (Wildman–Crippen MR) is 90.1 cm³/mol. The predicted octanol–water partition coefficient (Wildman–Crippen LogP) is 1.18. The Kier molecular flexibility index (Phi) is 5.29. The van der Waals surface area contributed by atoms with E-state index in [-0.39, 0.29) is 16.8 Å². The number of methoxy groups -OCH3 is 1. The molecular formula is C16H23N3O4S. The minimum atomic E-state index is -3.69. The zero-order valence-electron chi connectivity index (χ0n) is 14.2. The van der Waals surface area contributed by atoms with Crippen LogP contribution >= 0.6 is 0 Å². The Bertz CT molecular complexity index is 713. The molecule has 8 heteroatoms. The van der Waals surface area contributed by atoms with Crippen LogP contribution in [0.15, 0.2) is 35.9 Å². The minimum absolute atomic E-state index is 0.0868. The van der Waals surface area contributed by atoms with E-state index in [0.717, 1.165) is 0 Å². The zero-order chi connectivity index (χ0) is 18.0. The van der Waals surface area contributed by atoms with Gasteiger partial charge < -0.3 is 9.64 Å². The summed E-state index contributed by atoms with van der Waals surface area (Å²) in [5.74, 6) is 0.217. The third kappa shape index (κ3) is 3.93. The van der Waals surface area contributed by atoms with Gasteiger partial charge in [0.2, 0.25) is 21.8 Å². The standard InChI is InChI=1S/C16H23N3O4S/c1-5-15(20)19-9-8-13(16(2,3)11-19)18-24(21,22)12-6-7-14(23-4)17-10-12/h5-7,10,13,18H,1,8-9,11H2,2-4H3. The topological polar surface area (TPSA) is 88.6 Å². The summed E-state index contributed by atoms with van der Waals surface area (Å²) in [6.45, 7) is 8.33. The molecule has 0 aromatic carbocycles. The van der Waals surface area contributed by atoms with Crippen LogP contribution in [0, 0.1) is 5.41 Å². The van der Waals surface area contributed by atoms with Gasteiger partial charge in [0.25, 0.3) is 0 Å². The molecule has 0 aliphatic carbocycles. The number of amides is 1. The fourth-order valence-corrected chi connectivity index (χ4v) is 4.18. The first-order chi connectivity index (χ1) is 11.2. The number of carbonyl (C=O) groups is 1. The van der Waals surface area contributed by atoms with Crippen molar-refractivity contribution in [2.24, 2.45) is 5.41 Å². The third-order valence-electron chi connectivity index (χ3n) is 4.24. The second-order valence-corrected chi connectivity index (χ2v) is 8.17. The molecule has 1 unspecified atom stereocenters. The Balaban J connectivity index is 2.14. The lowest BCUT2D eigenvalue weighted by molar-refractivity contribution is -0.129. The summed E-state index contributed by atoms with van der Waals surface area (Å²) >= 11 is 0. The summed E-state index contributed by atoms with van der Waals surface area (Å²) in [5, 5.41) is 0. The second-order valence-electron chi connectivity index (χ2n) is 6.45. The number of ether oxygens (including phenoxy) is 1. The van der Waals surface area contributed by atoms with E-state index in [1.807, 2.05) is 13.8 Å². The fraction of sp³-hybridized carbons (Fsp3) is 0.500. The van der Waals surface area contributed by atoms with Crippen LogP contribution in [-0.4, -0.2) is 50.5 Å². The monoisotopic (exact) mass is 353 g/mol. The number of aromatic nitrogens is 1. The van der Waals surface area contributed by atoms with Crippen LogP contribution in [-0.2, 0) is 14.8 Å². The van der Waals surface area contributed by atoms with Gasteiger partial charge in [-0.05, 0) is 24.0 Å². The Morgan fingerprint density at radius 1 is 1.50 bits per heavy atom. The van der Waals surface area contributed by atoms with Crippen LogP contribution in [0.5, 0.6) is 5.88 Å². The summed E-state index contributed by atoms with van der Waals surface area (Å²) in [6.07, 6.45) is 3.09. The van der Waals surface area contributed by atoms with Gasteiger partial charge >= 0.3 is 0 Å². The number of nitrogens with zero attached hydrogens (tertiary/aromatic N) is 2. The third-order valence-corrected chi connectivity index (χ3v) is 5.70. The molecule has 1 amide bonds. The molecule has 1 N–H and O–H groups in total. The summed E-state index contributed by atoms with van der Waals surface area (Å²) in [6, 6.07) is 2.68. The number of hydrogen-bond donors (Lipinski definition) is 1. The van der Waals surface area contributed by atoms with Gasteiger partial charge in [0.05, 0.1) is 13.3 Å². The van der Waals surface area contributed by atoms with E-state index in [9.17, 15) is 13.2 Å². The van der Waals surface area contributed by atoms with Crippen molar-refractivity contribution in [2.75, 3.05) is 20.2 Å². The minimum Gasteiger partial charge on any atom is -0.481 e. The van der Waals surface area contributed by atoms with E-state index in [1.165, 1.54) is 31.5 Å². The molecule has 2 rings (SSSR count). The molecular weight excluding hydrogens is 330 g/mol. The van der Waals surface area contributed by atoms with Gasteiger partial charge in [-0.3, -0.25) is 4.79 Å². The van der Waals surface area contributed by atoms with Crippen molar-refractivity contribution >= 4 is 15.9 Å². The van der Waals surface area contributed by atoms with Crippen molar-refractivity contribution in [2.45, 2.75) is 31.2 Å². The van der Waals surface area contributed by atoms with Gasteiger partial charge in [-0.2, -0.15) is 0 Å². The number of likely N-dealkylation sites (tertiary alicyclic amines) is 1. The number of carbonyl (C=O) groups excluding carboxylic acids is 1. The number of sulfonamides is 1. The van der Waals surface area contributed by atoms with Crippen LogP contribution in [0.1, 0.15) is 20.3 Å². The van der Waals surface area contributed by atoms with E-state index < -0.39 is 15.4 Å². The van der Waals surface area contributed by atoms with Crippen LogP contribution in [0.25, 0.3) is 0 Å². The molecule has 0 bridgehead atoms. The van der Waals surface area contributed by atoms with E-state index in [4.69, 9.17) is 4.74 Å². The van der Waals surface area contributed by atoms with Gasteiger partial charge in [-0.25, -0.2) is 18.1 Å². The second kappa shape index (κ2) is 6.90. The Morgan fingerprint density at radius 2 is 2.21 bits per heavy atom. The highest BCUT2D eigenvalue weighted by Gasteiger charge is 2.39. The number of piperidine rings is 1. The fourth-order valence-electron chi connectivity index (χ4n) is 2.79. The molecule has 1 aromatic heterocycles. The first-order valence-corrected chi connectivity index (χ1v) is 9.11. The highest BCUT2D eigenvalue weighted by atomic mass is 32.2. The number of pyridine rings is 1. The SMILES string of the molecule is C=CC(=O)N1CCC(NS(=O)(=O)c2ccc(OC)nc2)C(C)(C)C1. The van der Waals surface area contributed by atoms with Crippen molar-refractivity contribution in [3.05, 3.63) is 31.0 Å². The van der Waals surface area contributed by atoms with E-state index >= 15 is 0 Å². The molecule has 0 spiro atoms. The number of rotatable bonds is 5. The number of hydrogen-bond acceptors (Lipinski definition) is 5. The van der Waals surface area contributed by atoms with Crippen molar-refractivity contribution in [1.29, 1.82) is 0 Å². The molecule has 1 atom stereocenters. The molecule has 0 saturated carbocycles. The largest absolute Gasteiger partial charge is 0.481 e. The van der Waals surface area contributed by atoms with Crippen molar-refractivity contribution < 1.29 is 17.9 Å². The normalized spacial score (nSPS) is 20.5. The average molecular weight is 353 g/mol. The molecule has 2 heterocycles. The van der Waals surface area contributed by atoms with Gasteiger partial charge in [-0.15, -0.1) is 0 Å². The Hall–Kier alpha value is -1.93. The molecule has 1 fully saturated rings. The maximum atomic E-state index is 12.6. The molecule has 0 radical (unpaired) electrons. The molecule has 1 aliphatic rings. The van der Waals surface area contributed by atoms with Gasteiger partial charge in [0.15, 0.2) is 0 Å². The summed E-state index contributed by atoms with van der Waals surface area (Å²) < 4.78 is 32.8. The first kappa shape index (κ1) is 18.4. The zero-order valence-corrected chi connectivity index (χ0v) is 15.0. The van der Waals surface area contributed by atoms with Crippen molar-refractivity contribution in [1.82, 2.24) is 14.6 Å². The number of nitrogens with one attached hydrogen (secondary N) is 1. The average Bonchev–Trinajstić information content (AvgIpc) is 2.55. The Labute approximate surface area is 142 Å². The van der Waals surface area contributed by atoms with E-state index in [1.54, 1.807) is 4.90 Å². The van der Waals surface area contributed by atoms with Gasteiger partial charge in [-0.1, -0.05) is 20.4 Å². The van der Waals surface area contributed by atoms with Crippen LogP contribution < -0.4 is 9.46 Å². The molecule has 1 saturated heterocycles. The first-order valence-electron chi connectivity index (χ1n) is 7.63. The highest BCUT2D eigenvalue weighted by Crippen LogP contribution is 2.30. The van der Waals surface area contributed by atoms with Gasteiger partial charge in [0.1, 0.15) is 4.90 Å². The lowest BCUT2D eigenvalue weighted by Gasteiger charge is -2.44. The van der Waals surface area contributed by atoms with Gasteiger partial charge in [0, 0.05) is 25.2 Å². The summed E-state index contributed by atoms with van der Waals surface area (Å²) in [7, 11) is -2.22. The van der Waals surface area contributed by atoms with Crippen LogP contribution in [0.2, 0.25) is 0 Å². The Morgan fingerprint density at radius 3 is 2.71 bits per heavy atom. The quantitative estimate of drug-likeness (QED) is 0.803.